The Labute approximate surface area is 354 Å². The van der Waals surface area contributed by atoms with Crippen LogP contribution in [0, 0.1) is 0 Å². The number of nitrogens with zero attached hydrogens (tertiary/aromatic N) is 2. The topological polar surface area (TPSA) is 6.48 Å². The molecule has 0 atom stereocenters. The smallest absolute Gasteiger partial charge is 0.116 e. The van der Waals surface area contributed by atoms with Crippen molar-refractivity contribution >= 4 is 103 Å². The highest BCUT2D eigenvalue weighted by atomic mass is 28.3. The summed E-state index contributed by atoms with van der Waals surface area (Å²) in [6.07, 6.45) is 0. The van der Waals surface area contributed by atoms with Gasteiger partial charge in [-0.3, -0.25) is 0 Å². The lowest BCUT2D eigenvalue weighted by Gasteiger charge is -2.32. The maximum atomic E-state index is 2.55. The SMILES string of the molecule is C[Si]1(C)c2ccccc2-c2ccc(N(c3ccccc3)c3ccc4ccc5c(N(c6ccccc6)c6cccc7c6[Si](C)(C)c6ccccc6-7)ccc6ccc3c4c65)cc21. The van der Waals surface area contributed by atoms with E-state index in [1.54, 1.807) is 0 Å². The monoisotopic (exact) mass is 800 g/mol. The molecule has 60 heavy (non-hydrogen) atoms. The van der Waals surface area contributed by atoms with Gasteiger partial charge in [-0.25, -0.2) is 0 Å². The normalized spacial score (nSPS) is 14.3. The Balaban J connectivity index is 1.09. The average molecular weight is 801 g/mol. The Morgan fingerprint density at radius 1 is 0.317 bits per heavy atom. The van der Waals surface area contributed by atoms with E-state index in [1.807, 2.05) is 0 Å². The van der Waals surface area contributed by atoms with E-state index in [0.717, 1.165) is 5.69 Å². The highest BCUT2D eigenvalue weighted by Gasteiger charge is 2.41. The van der Waals surface area contributed by atoms with Crippen LogP contribution in [0.1, 0.15) is 0 Å². The predicted molar refractivity (Wildman–Crippen MR) is 264 cm³/mol. The number of rotatable bonds is 6. The average Bonchev–Trinajstić information content (AvgIpc) is 3.67. The highest BCUT2D eigenvalue weighted by molar-refractivity contribution is 7.05. The molecule has 286 valence electrons. The van der Waals surface area contributed by atoms with E-state index in [2.05, 4.69) is 230 Å². The second kappa shape index (κ2) is 12.9. The first kappa shape index (κ1) is 35.2. The van der Waals surface area contributed by atoms with Crippen LogP contribution in [-0.2, 0) is 0 Å². The first-order chi connectivity index (χ1) is 29.3. The number of hydrogen-bond donors (Lipinski definition) is 0. The third kappa shape index (κ3) is 4.92. The number of hydrogen-bond acceptors (Lipinski definition) is 2. The number of para-hydroxylation sites is 2. The van der Waals surface area contributed by atoms with Gasteiger partial charge in [-0.05, 0) is 119 Å². The van der Waals surface area contributed by atoms with Gasteiger partial charge in [0.15, 0.2) is 0 Å². The van der Waals surface area contributed by atoms with E-state index >= 15 is 0 Å². The van der Waals surface area contributed by atoms with Crippen molar-refractivity contribution in [3.63, 3.8) is 0 Å². The molecular weight excluding hydrogens is 757 g/mol. The molecule has 0 aromatic heterocycles. The largest absolute Gasteiger partial charge is 0.310 e. The molecule has 0 spiro atoms. The summed E-state index contributed by atoms with van der Waals surface area (Å²) >= 11 is 0. The lowest BCUT2D eigenvalue weighted by Crippen LogP contribution is -2.50. The summed E-state index contributed by atoms with van der Waals surface area (Å²) < 4.78 is 0. The summed E-state index contributed by atoms with van der Waals surface area (Å²) in [6, 6.07) is 73.1. The van der Waals surface area contributed by atoms with Crippen molar-refractivity contribution in [2.45, 2.75) is 26.2 Å². The van der Waals surface area contributed by atoms with Crippen LogP contribution < -0.4 is 30.5 Å². The molecule has 2 aliphatic heterocycles. The van der Waals surface area contributed by atoms with Crippen LogP contribution in [-0.4, -0.2) is 16.1 Å². The number of benzene rings is 10. The Bertz CT molecular complexity index is 3330. The fraction of sp³-hybridized carbons (Fsp3) is 0.0714. The van der Waals surface area contributed by atoms with E-state index in [-0.39, 0.29) is 0 Å². The van der Waals surface area contributed by atoms with Crippen molar-refractivity contribution in [1.29, 1.82) is 0 Å². The molecule has 0 aliphatic carbocycles. The molecule has 2 nitrogen and oxygen atoms in total. The fourth-order valence-corrected chi connectivity index (χ4v) is 17.5. The molecule has 0 unspecified atom stereocenters. The van der Waals surface area contributed by atoms with Crippen molar-refractivity contribution in [2.24, 2.45) is 0 Å². The summed E-state index contributed by atoms with van der Waals surface area (Å²) in [4.78, 5) is 5.05. The van der Waals surface area contributed by atoms with E-state index < -0.39 is 16.1 Å². The van der Waals surface area contributed by atoms with E-state index in [1.165, 1.54) is 104 Å². The van der Waals surface area contributed by atoms with Crippen molar-refractivity contribution in [1.82, 2.24) is 0 Å². The summed E-state index contributed by atoms with van der Waals surface area (Å²) in [5.74, 6) is 0. The molecule has 0 saturated heterocycles. The van der Waals surface area contributed by atoms with Crippen LogP contribution in [0.4, 0.5) is 34.1 Å². The van der Waals surface area contributed by atoms with Crippen LogP contribution in [0.5, 0.6) is 0 Å². The third-order valence-corrected chi connectivity index (χ3v) is 20.9. The Morgan fingerprint density at radius 3 is 1.43 bits per heavy atom. The second-order valence-corrected chi connectivity index (χ2v) is 26.3. The van der Waals surface area contributed by atoms with Crippen LogP contribution in [0.25, 0.3) is 54.6 Å². The first-order valence-corrected chi connectivity index (χ1v) is 27.2. The lowest BCUT2D eigenvalue weighted by molar-refractivity contribution is 1.30. The summed E-state index contributed by atoms with van der Waals surface area (Å²) in [5.41, 5.74) is 12.8. The second-order valence-electron chi connectivity index (χ2n) is 17.7. The van der Waals surface area contributed by atoms with Gasteiger partial charge in [-0.1, -0.05) is 166 Å². The lowest BCUT2D eigenvalue weighted by atomic mass is 9.91. The predicted octanol–water partition coefficient (Wildman–Crippen LogP) is 13.1. The molecular formula is C56H44N2Si2. The van der Waals surface area contributed by atoms with Gasteiger partial charge in [-0.2, -0.15) is 0 Å². The molecule has 0 fully saturated rings. The van der Waals surface area contributed by atoms with Crippen LogP contribution >= 0.6 is 0 Å². The van der Waals surface area contributed by atoms with Crippen molar-refractivity contribution in [3.8, 4) is 22.3 Å². The van der Waals surface area contributed by atoms with Gasteiger partial charge < -0.3 is 9.80 Å². The van der Waals surface area contributed by atoms with Gasteiger partial charge >= 0.3 is 0 Å². The quantitative estimate of drug-likeness (QED) is 0.122. The fourth-order valence-electron chi connectivity index (χ4n) is 11.0. The molecule has 10 aromatic carbocycles. The number of fused-ring (bicyclic) bond motifs is 6. The van der Waals surface area contributed by atoms with Crippen molar-refractivity contribution in [3.05, 3.63) is 194 Å². The van der Waals surface area contributed by atoms with Crippen molar-refractivity contribution in [2.75, 3.05) is 9.80 Å². The van der Waals surface area contributed by atoms with Crippen LogP contribution in [0.2, 0.25) is 26.2 Å². The molecule has 0 radical (unpaired) electrons. The molecule has 10 aromatic rings. The van der Waals surface area contributed by atoms with Crippen molar-refractivity contribution < 1.29 is 0 Å². The molecule has 0 N–H and O–H groups in total. The molecule has 0 bridgehead atoms. The zero-order valence-electron chi connectivity index (χ0n) is 34.4. The maximum Gasteiger partial charge on any atom is 0.116 e. The zero-order valence-corrected chi connectivity index (χ0v) is 36.4. The molecule has 2 heterocycles. The minimum absolute atomic E-state index is 1.16. The van der Waals surface area contributed by atoms with E-state index in [4.69, 9.17) is 0 Å². The molecule has 4 heteroatoms. The van der Waals surface area contributed by atoms with Gasteiger partial charge in [0.05, 0.1) is 11.4 Å². The Hall–Kier alpha value is -6.73. The summed E-state index contributed by atoms with van der Waals surface area (Å²) in [7, 11) is -3.95. The first-order valence-electron chi connectivity index (χ1n) is 21.2. The van der Waals surface area contributed by atoms with Gasteiger partial charge in [0.1, 0.15) is 16.1 Å². The molecule has 0 saturated carbocycles. The van der Waals surface area contributed by atoms with Crippen LogP contribution in [0.15, 0.2) is 194 Å². The third-order valence-electron chi connectivity index (χ3n) is 13.8. The van der Waals surface area contributed by atoms with Crippen LogP contribution in [0.3, 0.4) is 0 Å². The molecule has 12 rings (SSSR count). The Kier molecular flexibility index (Phi) is 7.57. The van der Waals surface area contributed by atoms with E-state index in [9.17, 15) is 0 Å². The molecule has 0 amide bonds. The summed E-state index contributed by atoms with van der Waals surface area (Å²) in [6.45, 7) is 10.1. The Morgan fingerprint density at radius 2 is 0.800 bits per heavy atom. The molecule has 2 aliphatic rings. The zero-order chi connectivity index (χ0) is 40.3. The minimum atomic E-state index is -2.05. The standard InChI is InChI=1S/C56H44N2Si2/c1-59(2)51-24-13-11-20-42(51)44-33-30-41(36-53(44)59)57(39-16-7-5-8-17-39)48-34-28-37-27-32-47-49(35-29-38-26-31-46(48)54(37)55(38)47)58(40-18-9-6-10-19-40)50-23-15-22-45-43-21-12-14-25-52(43)60(3,4)56(45)50/h5-36H,1-4H3. The van der Waals surface area contributed by atoms with Gasteiger partial charge in [-0.15, -0.1) is 0 Å². The summed E-state index contributed by atoms with van der Waals surface area (Å²) in [5, 5.41) is 13.7. The van der Waals surface area contributed by atoms with E-state index in [0.29, 0.717) is 0 Å². The number of anilines is 6. The van der Waals surface area contributed by atoms with Gasteiger partial charge in [0.25, 0.3) is 0 Å². The minimum Gasteiger partial charge on any atom is -0.310 e. The van der Waals surface area contributed by atoms with Gasteiger partial charge in [0, 0.05) is 33.5 Å². The highest BCUT2D eigenvalue weighted by Crippen LogP contribution is 2.48. The van der Waals surface area contributed by atoms with Gasteiger partial charge in [0.2, 0.25) is 0 Å². The maximum absolute atomic E-state index is 2.55.